The number of carboxylic acid groups (broad SMARTS) is 1. The quantitative estimate of drug-likeness (QED) is 0.0841. The van der Waals surface area contributed by atoms with E-state index in [2.05, 4.69) is 4.74 Å². The van der Waals surface area contributed by atoms with Gasteiger partial charge in [0.05, 0.1) is 55.7 Å². The number of halogens is 8. The van der Waals surface area contributed by atoms with Crippen LogP contribution in [0.25, 0.3) is 20.2 Å². The summed E-state index contributed by atoms with van der Waals surface area (Å²) >= 11 is 2.29. The molecule has 1 N–H and O–H groups in total. The number of thiophene rings is 2. The molecule has 6 rings (SSSR count). The van der Waals surface area contributed by atoms with Crippen LogP contribution in [0.2, 0.25) is 0 Å². The average molecular weight is 965 g/mol. The summed E-state index contributed by atoms with van der Waals surface area (Å²) in [6.45, 7) is 2.43. The molecule has 0 aliphatic rings. The van der Waals surface area contributed by atoms with E-state index in [0.717, 1.165) is 59.4 Å². The molecule has 63 heavy (non-hydrogen) atoms. The fourth-order valence-electron chi connectivity index (χ4n) is 6.25. The highest BCUT2D eigenvalue weighted by Crippen LogP contribution is 2.42. The molecule has 10 nitrogen and oxygen atoms in total. The topological polar surface area (TPSA) is 138 Å². The van der Waals surface area contributed by atoms with Gasteiger partial charge in [0.15, 0.2) is 0 Å². The zero-order chi connectivity index (χ0) is 46.7. The van der Waals surface area contributed by atoms with Crippen LogP contribution in [0, 0.1) is 25.5 Å². The lowest BCUT2D eigenvalue weighted by Crippen LogP contribution is -2.33. The molecule has 6 aromatic rings. The highest BCUT2D eigenvalue weighted by atomic mass is 32.2. The van der Waals surface area contributed by atoms with E-state index in [1.54, 1.807) is 56.3 Å². The molecule has 0 saturated carbocycles. The van der Waals surface area contributed by atoms with Gasteiger partial charge in [0.25, 0.3) is 0 Å². The first-order valence-corrected chi connectivity index (χ1v) is 23.2. The Balaban J connectivity index is 0.000000238. The number of esters is 1. The molecule has 0 spiro atoms. The average Bonchev–Trinajstić information content (AvgIpc) is 3.73. The Labute approximate surface area is 364 Å². The van der Waals surface area contributed by atoms with Crippen LogP contribution < -0.4 is 8.61 Å². The van der Waals surface area contributed by atoms with E-state index in [1.165, 1.54) is 11.3 Å². The molecule has 0 atom stereocenters. The number of aryl methyl sites for hydroxylation is 2. The van der Waals surface area contributed by atoms with Crippen molar-refractivity contribution in [2.24, 2.45) is 0 Å². The van der Waals surface area contributed by atoms with Gasteiger partial charge in [0.1, 0.15) is 21.6 Å². The Morgan fingerprint density at radius 3 is 1.37 bits per heavy atom. The standard InChI is InChI=1S/C21H19F4NO4S2.C20H17F4NO4S2/c1-13-15-5-3-4-6-18(15)31-20(13)26(32(28,29)10-9-19(27)30-2)12-14-7-8-17(22)16(11-14)21(23,24)25;1-12-14-4-2-3-5-17(14)30-19(12)25(31(28,29)9-8-18(26)27)11-13-6-7-16(21)15(10-13)20(22,23)24/h3-8,11H,9-10,12H2,1-2H3;2-7,10H,8-9,11H2,1H3,(H,26,27). The van der Waals surface area contributed by atoms with Crippen molar-refractivity contribution >= 4 is 84.8 Å². The summed E-state index contributed by atoms with van der Waals surface area (Å²) in [6.07, 6.45) is -11.0. The summed E-state index contributed by atoms with van der Waals surface area (Å²) in [6, 6.07) is 18.9. The third-order valence-corrected chi connectivity index (χ3v) is 15.7. The van der Waals surface area contributed by atoms with E-state index in [0.29, 0.717) is 40.4 Å². The normalized spacial score (nSPS) is 12.2. The van der Waals surface area contributed by atoms with Crippen molar-refractivity contribution in [2.75, 3.05) is 27.2 Å². The van der Waals surface area contributed by atoms with Crippen molar-refractivity contribution in [3.63, 3.8) is 0 Å². The summed E-state index contributed by atoms with van der Waals surface area (Å²) < 4.78 is 166. The van der Waals surface area contributed by atoms with Crippen LogP contribution >= 0.6 is 22.7 Å². The van der Waals surface area contributed by atoms with Gasteiger partial charge in [-0.3, -0.25) is 18.2 Å². The molecule has 4 aromatic carbocycles. The van der Waals surface area contributed by atoms with Crippen molar-refractivity contribution in [3.05, 3.63) is 130 Å². The molecule has 0 saturated heterocycles. The number of carbonyl (C=O) groups is 2. The van der Waals surface area contributed by atoms with Crippen molar-refractivity contribution in [3.8, 4) is 0 Å². The number of aliphatic carboxylic acids is 1. The highest BCUT2D eigenvalue weighted by Gasteiger charge is 2.37. The lowest BCUT2D eigenvalue weighted by Gasteiger charge is -2.24. The van der Waals surface area contributed by atoms with Crippen LogP contribution in [0.5, 0.6) is 0 Å². The number of methoxy groups -OCH3 is 1. The first-order chi connectivity index (χ1) is 29.3. The number of nitrogens with zero attached hydrogens (tertiary/aromatic N) is 2. The van der Waals surface area contributed by atoms with E-state index in [1.807, 2.05) is 6.07 Å². The maximum Gasteiger partial charge on any atom is 0.419 e. The maximum absolute atomic E-state index is 13.7. The summed E-state index contributed by atoms with van der Waals surface area (Å²) in [4.78, 5) is 22.4. The van der Waals surface area contributed by atoms with Crippen LogP contribution in [0.4, 0.5) is 45.1 Å². The monoisotopic (exact) mass is 964 g/mol. The summed E-state index contributed by atoms with van der Waals surface area (Å²) in [5.74, 6) is -6.29. The third kappa shape index (κ3) is 11.6. The number of fused-ring (bicyclic) bond motifs is 2. The number of rotatable bonds is 14. The van der Waals surface area contributed by atoms with Gasteiger partial charge in [-0.1, -0.05) is 48.5 Å². The molecule has 0 fully saturated rings. The SMILES string of the molecule is COC(=O)CCS(=O)(=O)N(Cc1ccc(F)c(C(F)(F)F)c1)c1sc2ccccc2c1C.Cc1c(N(Cc2ccc(F)c(C(F)(F)F)c2)S(=O)(=O)CCC(=O)O)sc2ccccc12. The van der Waals surface area contributed by atoms with Crippen LogP contribution in [0.3, 0.4) is 0 Å². The second-order valence-electron chi connectivity index (χ2n) is 13.8. The second kappa shape index (κ2) is 19.2. The maximum atomic E-state index is 13.7. The molecule has 338 valence electrons. The Hall–Kier alpha value is -5.32. The summed E-state index contributed by atoms with van der Waals surface area (Å²) in [5, 5.41) is 11.1. The lowest BCUT2D eigenvalue weighted by molar-refractivity contribution is -0.141. The molecule has 22 heteroatoms. The Morgan fingerprint density at radius 1 is 0.635 bits per heavy atom. The van der Waals surface area contributed by atoms with Crippen LogP contribution in [0.15, 0.2) is 84.9 Å². The van der Waals surface area contributed by atoms with Gasteiger partial charge in [-0.2, -0.15) is 26.3 Å². The number of carboxylic acids is 1. The molecule has 0 bridgehead atoms. The molecule has 0 amide bonds. The van der Waals surface area contributed by atoms with Gasteiger partial charge in [-0.25, -0.2) is 25.6 Å². The number of anilines is 2. The van der Waals surface area contributed by atoms with Crippen LogP contribution in [-0.2, 0) is 59.8 Å². The van der Waals surface area contributed by atoms with Crippen molar-refractivity contribution in [1.82, 2.24) is 0 Å². The predicted octanol–water partition coefficient (Wildman–Crippen LogP) is 10.4. The summed E-state index contributed by atoms with van der Waals surface area (Å²) in [5.41, 5.74) is -1.87. The van der Waals surface area contributed by atoms with Crippen LogP contribution in [0.1, 0.15) is 46.2 Å². The number of alkyl halides is 6. The first-order valence-electron chi connectivity index (χ1n) is 18.3. The van der Waals surface area contributed by atoms with E-state index in [4.69, 9.17) is 5.11 Å². The molecular formula is C41H36F8N2O8S4. The van der Waals surface area contributed by atoms with E-state index >= 15 is 0 Å². The minimum atomic E-state index is -4.94. The van der Waals surface area contributed by atoms with Gasteiger partial charge < -0.3 is 9.84 Å². The second-order valence-corrected chi connectivity index (χ2v) is 19.9. The minimum absolute atomic E-state index is 0.0442. The molecular weight excluding hydrogens is 929 g/mol. The van der Waals surface area contributed by atoms with Crippen molar-refractivity contribution < 1.29 is 71.4 Å². The fraction of sp³-hybridized carbons (Fsp3) is 0.268. The highest BCUT2D eigenvalue weighted by molar-refractivity contribution is 7.93. The zero-order valence-corrected chi connectivity index (χ0v) is 36.4. The summed E-state index contributed by atoms with van der Waals surface area (Å²) in [7, 11) is -7.22. The number of hydrogen-bond donors (Lipinski definition) is 1. The Bertz CT molecular complexity index is 2880. The molecule has 2 aromatic heterocycles. The van der Waals surface area contributed by atoms with E-state index in [9.17, 15) is 61.5 Å². The van der Waals surface area contributed by atoms with Crippen molar-refractivity contribution in [2.45, 2.75) is 52.1 Å². The van der Waals surface area contributed by atoms with E-state index in [-0.39, 0.29) is 16.1 Å². The fourth-order valence-corrected chi connectivity index (χ4v) is 12.2. The number of sulfonamides is 2. The van der Waals surface area contributed by atoms with Gasteiger partial charge >= 0.3 is 24.3 Å². The molecule has 0 aliphatic heterocycles. The number of carbonyl (C=O) groups excluding carboxylic acids is 1. The van der Waals surface area contributed by atoms with Gasteiger partial charge in [-0.15, -0.1) is 22.7 Å². The van der Waals surface area contributed by atoms with Crippen LogP contribution in [-0.4, -0.2) is 52.5 Å². The van der Waals surface area contributed by atoms with Gasteiger partial charge in [-0.05, 0) is 83.3 Å². The smallest absolute Gasteiger partial charge is 0.419 e. The lowest BCUT2D eigenvalue weighted by atomic mass is 10.1. The third-order valence-electron chi connectivity index (χ3n) is 9.45. The Morgan fingerprint density at radius 2 is 1.02 bits per heavy atom. The minimum Gasteiger partial charge on any atom is -0.481 e. The molecule has 0 radical (unpaired) electrons. The molecule has 0 aliphatic carbocycles. The van der Waals surface area contributed by atoms with Gasteiger partial charge in [0, 0.05) is 9.40 Å². The number of benzene rings is 4. The molecule has 2 heterocycles. The predicted molar refractivity (Wildman–Crippen MR) is 225 cm³/mol. The van der Waals surface area contributed by atoms with Crippen molar-refractivity contribution in [1.29, 1.82) is 0 Å². The first kappa shape index (κ1) is 48.7. The number of ether oxygens (including phenoxy) is 1. The number of hydrogen-bond acceptors (Lipinski definition) is 9. The van der Waals surface area contributed by atoms with Gasteiger partial charge in [0.2, 0.25) is 20.0 Å². The molecule has 0 unspecified atom stereocenters. The zero-order valence-electron chi connectivity index (χ0n) is 33.2. The Kier molecular flexibility index (Phi) is 14.8. The largest absolute Gasteiger partial charge is 0.481 e. The van der Waals surface area contributed by atoms with E-state index < -0.39 is 105 Å².